The summed E-state index contributed by atoms with van der Waals surface area (Å²) in [6, 6.07) is 0. The number of hydrogen-bond acceptors (Lipinski definition) is 0. The molecule has 0 bridgehead atoms. The van der Waals surface area contributed by atoms with Crippen LogP contribution in [-0.4, -0.2) is 0 Å². The maximum absolute atomic E-state index is 0. The first-order valence-electron chi connectivity index (χ1n) is 0. The van der Waals surface area contributed by atoms with Crippen molar-refractivity contribution in [2.45, 2.75) is 0 Å². The molecule has 0 aromatic carbocycles. The van der Waals surface area contributed by atoms with E-state index < -0.39 is 0 Å². The molecule has 0 aliphatic carbocycles. The third-order valence-corrected chi connectivity index (χ3v) is 0. The van der Waals surface area contributed by atoms with Crippen LogP contribution in [0.3, 0.4) is 0 Å². The van der Waals surface area contributed by atoms with Crippen LogP contribution in [0.15, 0.2) is 0 Å². The van der Waals surface area contributed by atoms with Gasteiger partial charge in [0, 0.05) is 0 Å². The molecule has 4 heteroatoms. The van der Waals surface area contributed by atoms with Crippen LogP contribution in [0.5, 0.6) is 0 Å². The minimum atomic E-state index is 0. The van der Waals surface area contributed by atoms with Gasteiger partial charge in [-0.25, -0.2) is 0 Å². The first-order chi connectivity index (χ1) is 0. The van der Waals surface area contributed by atoms with Crippen molar-refractivity contribution < 1.29 is 57.4 Å². The van der Waals surface area contributed by atoms with Gasteiger partial charge in [0.05, 0.1) is 0 Å². The van der Waals surface area contributed by atoms with Gasteiger partial charge in [-0.05, 0) is 0 Å². The fourth-order valence-electron chi connectivity index (χ4n) is 0. The Balaban J connectivity index is 0. The molecule has 0 radical (unpaired) electrons. The SMILES string of the molecule is [H-].[Li+].[O-2].[O-2].[Zr+4]. The van der Waals surface area contributed by atoms with E-state index in [0.717, 1.165) is 0 Å². The van der Waals surface area contributed by atoms with Gasteiger partial charge in [-0.3, -0.25) is 0 Å². The second kappa shape index (κ2) is 25.9. The molecular weight excluding hydrogens is 130 g/mol. The van der Waals surface area contributed by atoms with E-state index in [4.69, 9.17) is 0 Å². The van der Waals surface area contributed by atoms with Gasteiger partial charge >= 0.3 is 45.1 Å². The van der Waals surface area contributed by atoms with Crippen LogP contribution in [0.4, 0.5) is 0 Å². The van der Waals surface area contributed by atoms with E-state index in [1.165, 1.54) is 0 Å². The Kier molecular flexibility index (Phi) is 346. The largest absolute Gasteiger partial charge is 4.00 e. The first kappa shape index (κ1) is 53.3. The molecule has 2 nitrogen and oxygen atoms in total. The summed E-state index contributed by atoms with van der Waals surface area (Å²) in [6.45, 7) is 0. The van der Waals surface area contributed by atoms with Gasteiger partial charge in [0.2, 0.25) is 0 Å². The van der Waals surface area contributed by atoms with E-state index >= 15 is 0 Å². The quantitative estimate of drug-likeness (QED) is 0.312. The van der Waals surface area contributed by atoms with Gasteiger partial charge in [-0.1, -0.05) is 0 Å². The summed E-state index contributed by atoms with van der Waals surface area (Å²) in [6.07, 6.45) is 0. The molecule has 0 spiro atoms. The minimum absolute atomic E-state index is 0. The molecule has 0 fully saturated rings. The minimum Gasteiger partial charge on any atom is -2.00 e. The number of rotatable bonds is 0. The number of hydrogen-bond donors (Lipinski definition) is 0. The van der Waals surface area contributed by atoms with E-state index in [-0.39, 0.29) is 57.4 Å². The van der Waals surface area contributed by atoms with Crippen molar-refractivity contribution in [3.8, 4) is 0 Å². The van der Waals surface area contributed by atoms with Crippen molar-refractivity contribution in [2.75, 3.05) is 0 Å². The molecule has 18 valence electrons. The van der Waals surface area contributed by atoms with Gasteiger partial charge in [0.25, 0.3) is 0 Å². The second-order valence-electron chi connectivity index (χ2n) is 0. The first-order valence-corrected chi connectivity index (χ1v) is 0. The van der Waals surface area contributed by atoms with Crippen molar-refractivity contribution in [1.29, 1.82) is 0 Å². The van der Waals surface area contributed by atoms with Crippen molar-refractivity contribution in [2.24, 2.45) is 0 Å². The van der Waals surface area contributed by atoms with Crippen molar-refractivity contribution in [1.82, 2.24) is 0 Å². The predicted octanol–water partition coefficient (Wildman–Crippen LogP) is -3.12. The average Bonchev–Trinajstić information content (AvgIpc) is 0. The topological polar surface area (TPSA) is 57.0 Å². The monoisotopic (exact) mass is 130 g/mol. The molecule has 0 N–H and O–H groups in total. The van der Waals surface area contributed by atoms with Gasteiger partial charge in [0.15, 0.2) is 0 Å². The summed E-state index contributed by atoms with van der Waals surface area (Å²) >= 11 is 0. The molecule has 0 aromatic heterocycles. The fraction of sp³-hybridized carbons (Fsp3) is 0. The maximum atomic E-state index is 0. The van der Waals surface area contributed by atoms with Gasteiger partial charge in [-0.2, -0.15) is 0 Å². The Morgan fingerprint density at radius 2 is 1.00 bits per heavy atom. The van der Waals surface area contributed by atoms with Crippen LogP contribution in [0.2, 0.25) is 0 Å². The molecule has 0 aliphatic rings. The van der Waals surface area contributed by atoms with Crippen LogP contribution in [0.25, 0.3) is 0 Å². The summed E-state index contributed by atoms with van der Waals surface area (Å²) in [5.41, 5.74) is 0. The zero-order valence-electron chi connectivity index (χ0n) is 3.32. The summed E-state index contributed by atoms with van der Waals surface area (Å²) in [7, 11) is 0. The van der Waals surface area contributed by atoms with E-state index in [1.807, 2.05) is 0 Å². The molecule has 0 rings (SSSR count). The molecule has 0 saturated carbocycles. The smallest absolute Gasteiger partial charge is 2.00 e. The summed E-state index contributed by atoms with van der Waals surface area (Å²) in [5.74, 6) is 0. The Labute approximate surface area is 57.4 Å². The third-order valence-electron chi connectivity index (χ3n) is 0. The Morgan fingerprint density at radius 1 is 1.00 bits per heavy atom. The summed E-state index contributed by atoms with van der Waals surface area (Å²) in [4.78, 5) is 0. The standard InChI is InChI=1S/Li.2O.Zr.H/q+1;2*-2;+4;-1. The summed E-state index contributed by atoms with van der Waals surface area (Å²) < 4.78 is 0. The zero-order valence-corrected chi connectivity index (χ0v) is 4.77. The molecular formula is HLiO2Zr. The zero-order chi connectivity index (χ0) is 0. The van der Waals surface area contributed by atoms with Crippen molar-refractivity contribution in [3.05, 3.63) is 0 Å². The Bertz CT molecular complexity index is 9.61. The van der Waals surface area contributed by atoms with Crippen LogP contribution < -0.4 is 18.9 Å². The van der Waals surface area contributed by atoms with Crippen LogP contribution >= 0.6 is 0 Å². The molecule has 0 aromatic rings. The second-order valence-corrected chi connectivity index (χ2v) is 0. The van der Waals surface area contributed by atoms with Gasteiger partial charge in [-0.15, -0.1) is 0 Å². The third kappa shape index (κ3) is 9.99. The van der Waals surface area contributed by atoms with Crippen LogP contribution in [-0.2, 0) is 37.2 Å². The fourth-order valence-corrected chi connectivity index (χ4v) is 0. The van der Waals surface area contributed by atoms with E-state index in [0.29, 0.717) is 0 Å². The normalized spacial score (nSPS) is 0. The maximum Gasteiger partial charge on any atom is 4.00 e. The molecule has 0 unspecified atom stereocenters. The summed E-state index contributed by atoms with van der Waals surface area (Å²) in [5, 5.41) is 0. The molecule has 0 atom stereocenters. The van der Waals surface area contributed by atoms with E-state index in [9.17, 15) is 0 Å². The molecule has 4 heavy (non-hydrogen) atoms. The van der Waals surface area contributed by atoms with E-state index in [2.05, 4.69) is 0 Å². The molecule has 0 saturated heterocycles. The van der Waals surface area contributed by atoms with E-state index in [1.54, 1.807) is 0 Å². The average molecular weight is 131 g/mol. The van der Waals surface area contributed by atoms with Gasteiger partial charge in [0.1, 0.15) is 0 Å². The Morgan fingerprint density at radius 3 is 1.00 bits per heavy atom. The van der Waals surface area contributed by atoms with Crippen molar-refractivity contribution >= 4 is 0 Å². The van der Waals surface area contributed by atoms with Crippen LogP contribution in [0.1, 0.15) is 1.43 Å². The predicted molar refractivity (Wildman–Crippen MR) is 2.49 cm³/mol. The molecule has 0 aliphatic heterocycles. The van der Waals surface area contributed by atoms with Crippen molar-refractivity contribution in [3.63, 3.8) is 0 Å². The molecule has 0 amide bonds. The van der Waals surface area contributed by atoms with Crippen LogP contribution in [0, 0.1) is 0 Å². The molecule has 0 heterocycles. The Hall–Kier alpha value is 1.40. The van der Waals surface area contributed by atoms with Gasteiger partial charge < -0.3 is 12.4 Å².